The Hall–Kier alpha value is -1.44. The fraction of sp³-hybridized carbons (Fsp3) is 0.385. The number of hydrogen-bond donors (Lipinski definition) is 1. The summed E-state index contributed by atoms with van der Waals surface area (Å²) >= 11 is 0. The van der Waals surface area contributed by atoms with Gasteiger partial charge in [-0.1, -0.05) is 6.58 Å². The Morgan fingerprint density at radius 2 is 2.00 bits per heavy atom. The molecule has 1 aromatic rings. The summed E-state index contributed by atoms with van der Waals surface area (Å²) in [6, 6.07) is 4.43. The van der Waals surface area contributed by atoms with Crippen LogP contribution in [0.3, 0.4) is 0 Å². The first-order chi connectivity index (χ1) is 7.26. The number of methoxy groups -OCH3 is 1. The highest BCUT2D eigenvalue weighted by atomic mass is 16.5. The molecule has 0 amide bonds. The smallest absolute Gasteiger partial charge is 0.121 e. The minimum Gasteiger partial charge on any atom is -0.497 e. The molecule has 0 bridgehead atoms. The average molecular weight is 203 g/mol. The largest absolute Gasteiger partial charge is 0.497 e. The highest BCUT2D eigenvalue weighted by Crippen LogP contribution is 2.31. The van der Waals surface area contributed by atoms with Crippen LogP contribution < -0.4 is 5.32 Å². The predicted octanol–water partition coefficient (Wildman–Crippen LogP) is 2.83. The van der Waals surface area contributed by atoms with Gasteiger partial charge in [0.2, 0.25) is 0 Å². The zero-order chi connectivity index (χ0) is 10.8. The van der Waals surface area contributed by atoms with Crippen LogP contribution >= 0.6 is 0 Å². The number of ether oxygens (including phenoxy) is 1. The highest BCUT2D eigenvalue weighted by molar-refractivity contribution is 5.73. The maximum absolute atomic E-state index is 5.20. The number of aryl methyl sites for hydroxylation is 2. The molecule has 0 saturated carbocycles. The lowest BCUT2D eigenvalue weighted by Crippen LogP contribution is -1.98. The van der Waals surface area contributed by atoms with Crippen LogP contribution in [0.1, 0.15) is 23.1 Å². The third-order valence-electron chi connectivity index (χ3n) is 3.05. The molecule has 0 saturated heterocycles. The molecule has 0 aromatic heterocycles. The normalized spacial score (nSPS) is 13.5. The second-order valence-electron chi connectivity index (χ2n) is 3.90. The minimum absolute atomic E-state index is 0.731. The third-order valence-corrected chi connectivity index (χ3v) is 3.05. The summed E-state index contributed by atoms with van der Waals surface area (Å²) < 4.78 is 5.20. The van der Waals surface area contributed by atoms with E-state index in [1.807, 2.05) is 7.05 Å². The summed E-state index contributed by atoms with van der Waals surface area (Å²) in [6.45, 7) is 3.92. The molecular weight excluding hydrogens is 186 g/mol. The van der Waals surface area contributed by atoms with Crippen LogP contribution in [0.15, 0.2) is 18.7 Å². The maximum Gasteiger partial charge on any atom is 0.121 e. The van der Waals surface area contributed by atoms with Gasteiger partial charge in [-0.15, -0.1) is 0 Å². The lowest BCUT2D eigenvalue weighted by molar-refractivity contribution is 0.371. The molecule has 2 rings (SSSR count). The molecule has 1 N–H and O–H groups in total. The van der Waals surface area contributed by atoms with Crippen molar-refractivity contribution in [2.24, 2.45) is 0 Å². The van der Waals surface area contributed by atoms with Crippen molar-refractivity contribution >= 4 is 11.4 Å². The van der Waals surface area contributed by atoms with Gasteiger partial charge in [0.15, 0.2) is 0 Å². The van der Waals surface area contributed by atoms with Gasteiger partial charge in [0.05, 0.1) is 7.11 Å². The molecule has 2 nitrogen and oxygen atoms in total. The van der Waals surface area contributed by atoms with Crippen molar-refractivity contribution in [2.75, 3.05) is 19.5 Å². The summed E-state index contributed by atoms with van der Waals surface area (Å²) in [5.41, 5.74) is 5.11. The number of rotatable bonds is 3. The van der Waals surface area contributed by atoms with E-state index in [2.05, 4.69) is 24.0 Å². The van der Waals surface area contributed by atoms with Crippen LogP contribution in [0.25, 0.3) is 5.76 Å². The van der Waals surface area contributed by atoms with E-state index in [-0.39, 0.29) is 0 Å². The number of benzene rings is 1. The standard InChI is InChI=1S/C13H17NO/c1-9(15-3)12-7-10-5-4-6-11(10)8-13(12)14-2/h7-8,14H,1,4-6H2,2-3H3. The lowest BCUT2D eigenvalue weighted by Gasteiger charge is -2.13. The Morgan fingerprint density at radius 1 is 1.33 bits per heavy atom. The second-order valence-corrected chi connectivity index (χ2v) is 3.90. The Balaban J connectivity index is 2.48. The molecule has 15 heavy (non-hydrogen) atoms. The minimum atomic E-state index is 0.731. The quantitative estimate of drug-likeness (QED) is 0.763. The highest BCUT2D eigenvalue weighted by Gasteiger charge is 2.15. The molecule has 0 atom stereocenters. The zero-order valence-corrected chi connectivity index (χ0v) is 9.39. The van der Waals surface area contributed by atoms with Crippen molar-refractivity contribution in [3.63, 3.8) is 0 Å². The number of nitrogens with one attached hydrogen (secondary N) is 1. The molecule has 0 aliphatic heterocycles. The molecule has 0 unspecified atom stereocenters. The topological polar surface area (TPSA) is 21.3 Å². The van der Waals surface area contributed by atoms with Gasteiger partial charge in [0, 0.05) is 18.3 Å². The van der Waals surface area contributed by atoms with E-state index < -0.39 is 0 Å². The molecule has 1 aliphatic carbocycles. The SMILES string of the molecule is C=C(OC)c1cc2c(cc1NC)CCC2. The first kappa shape index (κ1) is 10.1. The van der Waals surface area contributed by atoms with Crippen LogP contribution in [0.5, 0.6) is 0 Å². The zero-order valence-electron chi connectivity index (χ0n) is 9.39. The van der Waals surface area contributed by atoms with Gasteiger partial charge in [-0.2, -0.15) is 0 Å². The maximum atomic E-state index is 5.20. The van der Waals surface area contributed by atoms with E-state index >= 15 is 0 Å². The molecule has 1 aromatic carbocycles. The molecule has 1 aliphatic rings. The molecule has 0 heterocycles. The van der Waals surface area contributed by atoms with Gasteiger partial charge in [0.1, 0.15) is 5.76 Å². The average Bonchev–Trinajstić information content (AvgIpc) is 2.73. The van der Waals surface area contributed by atoms with Gasteiger partial charge in [-0.3, -0.25) is 0 Å². The van der Waals surface area contributed by atoms with Gasteiger partial charge >= 0.3 is 0 Å². The molecule has 2 heteroatoms. The summed E-state index contributed by atoms with van der Waals surface area (Å²) in [5, 5.41) is 3.20. The monoisotopic (exact) mass is 203 g/mol. The van der Waals surface area contributed by atoms with Crippen LogP contribution in [-0.4, -0.2) is 14.2 Å². The number of fused-ring (bicyclic) bond motifs is 1. The van der Waals surface area contributed by atoms with Crippen molar-refractivity contribution in [1.82, 2.24) is 0 Å². The summed E-state index contributed by atoms with van der Waals surface area (Å²) in [4.78, 5) is 0. The van der Waals surface area contributed by atoms with Crippen molar-refractivity contribution in [2.45, 2.75) is 19.3 Å². The van der Waals surface area contributed by atoms with E-state index in [0.29, 0.717) is 0 Å². The predicted molar refractivity (Wildman–Crippen MR) is 64.1 cm³/mol. The fourth-order valence-corrected chi connectivity index (χ4v) is 2.17. The molecular formula is C13H17NO. The Kier molecular flexibility index (Phi) is 2.67. The molecule has 0 spiro atoms. The number of anilines is 1. The van der Waals surface area contributed by atoms with Crippen molar-refractivity contribution < 1.29 is 4.74 Å². The van der Waals surface area contributed by atoms with Crippen LogP contribution in [-0.2, 0) is 17.6 Å². The van der Waals surface area contributed by atoms with Crippen LogP contribution in [0.2, 0.25) is 0 Å². The van der Waals surface area contributed by atoms with E-state index in [9.17, 15) is 0 Å². The second kappa shape index (κ2) is 3.97. The van der Waals surface area contributed by atoms with E-state index in [0.717, 1.165) is 17.0 Å². The molecule has 0 radical (unpaired) electrons. The van der Waals surface area contributed by atoms with E-state index in [4.69, 9.17) is 4.74 Å². The summed E-state index contributed by atoms with van der Waals surface area (Å²) in [6.07, 6.45) is 3.65. The van der Waals surface area contributed by atoms with E-state index in [1.54, 1.807) is 7.11 Å². The van der Waals surface area contributed by atoms with Crippen molar-refractivity contribution in [3.8, 4) is 0 Å². The summed E-state index contributed by atoms with van der Waals surface area (Å²) in [7, 11) is 3.60. The number of hydrogen-bond acceptors (Lipinski definition) is 2. The van der Waals surface area contributed by atoms with Gasteiger partial charge in [0.25, 0.3) is 0 Å². The van der Waals surface area contributed by atoms with Crippen LogP contribution in [0, 0.1) is 0 Å². The first-order valence-corrected chi connectivity index (χ1v) is 5.33. The van der Waals surface area contributed by atoms with Gasteiger partial charge in [-0.05, 0) is 42.5 Å². The van der Waals surface area contributed by atoms with Crippen molar-refractivity contribution in [1.29, 1.82) is 0 Å². The Morgan fingerprint density at radius 3 is 2.60 bits per heavy atom. The Bertz CT molecular complexity index is 396. The molecule has 0 fully saturated rings. The van der Waals surface area contributed by atoms with Crippen molar-refractivity contribution in [3.05, 3.63) is 35.4 Å². The molecule has 80 valence electrons. The van der Waals surface area contributed by atoms with E-state index in [1.165, 1.54) is 30.4 Å². The van der Waals surface area contributed by atoms with Gasteiger partial charge < -0.3 is 10.1 Å². The fourth-order valence-electron chi connectivity index (χ4n) is 2.17. The summed E-state index contributed by atoms with van der Waals surface area (Å²) in [5.74, 6) is 0.731. The third kappa shape index (κ3) is 1.72. The first-order valence-electron chi connectivity index (χ1n) is 5.33. The Labute approximate surface area is 91.0 Å². The van der Waals surface area contributed by atoms with Crippen LogP contribution in [0.4, 0.5) is 5.69 Å². The van der Waals surface area contributed by atoms with Gasteiger partial charge in [-0.25, -0.2) is 0 Å². The lowest BCUT2D eigenvalue weighted by atomic mass is 10.0.